The molecule has 4 nitrogen and oxygen atoms in total. The van der Waals surface area contributed by atoms with Crippen LogP contribution in [-0.2, 0) is 15.6 Å². The summed E-state index contributed by atoms with van der Waals surface area (Å²) < 4.78 is 11.8. The van der Waals surface area contributed by atoms with E-state index in [4.69, 9.17) is 5.11 Å². The highest BCUT2D eigenvalue weighted by atomic mass is 32.2. The van der Waals surface area contributed by atoms with Gasteiger partial charge in [-0.15, -0.1) is 0 Å². The van der Waals surface area contributed by atoms with Crippen LogP contribution >= 0.6 is 0 Å². The quantitative estimate of drug-likeness (QED) is 0.766. The van der Waals surface area contributed by atoms with Gasteiger partial charge in [-0.25, -0.2) is 0 Å². The van der Waals surface area contributed by atoms with Gasteiger partial charge < -0.3 is 5.11 Å². The number of Topliss-reactive ketones (excluding diaryl/α,β-unsaturated/α-hetero) is 1. The first kappa shape index (κ1) is 14.6. The number of rotatable bonds is 7. The van der Waals surface area contributed by atoms with Crippen LogP contribution in [0, 0.1) is 0 Å². The van der Waals surface area contributed by atoms with E-state index in [0.29, 0.717) is 12.0 Å². The van der Waals surface area contributed by atoms with E-state index in [-0.39, 0.29) is 18.0 Å². The van der Waals surface area contributed by atoms with Crippen molar-refractivity contribution in [1.82, 2.24) is 0 Å². The van der Waals surface area contributed by atoms with Gasteiger partial charge in [-0.2, -0.15) is 0 Å². The van der Waals surface area contributed by atoms with Crippen LogP contribution < -0.4 is 0 Å². The van der Waals surface area contributed by atoms with Crippen molar-refractivity contribution in [1.29, 1.82) is 0 Å². The Morgan fingerprint density at radius 3 is 2.44 bits per heavy atom. The fraction of sp³-hybridized carbons (Fsp3) is 0.385. The number of ketones is 1. The van der Waals surface area contributed by atoms with Crippen LogP contribution in [0.15, 0.2) is 30.3 Å². The van der Waals surface area contributed by atoms with Crippen LogP contribution in [0.5, 0.6) is 0 Å². The maximum atomic E-state index is 12.0. The molecule has 18 heavy (non-hydrogen) atoms. The molecular weight excluding hydrogens is 252 g/mol. The molecule has 1 N–H and O–H groups in total. The Morgan fingerprint density at radius 2 is 1.89 bits per heavy atom. The Hall–Kier alpha value is -1.49. The molecule has 2 unspecified atom stereocenters. The normalized spacial score (nSPS) is 13.8. The maximum Gasteiger partial charge on any atom is 0.303 e. The maximum absolute atomic E-state index is 12.0. The third-order valence-electron chi connectivity index (χ3n) is 2.56. The summed E-state index contributed by atoms with van der Waals surface area (Å²) in [5.41, 5.74) is 0.539. The van der Waals surface area contributed by atoms with E-state index < -0.39 is 22.0 Å². The van der Waals surface area contributed by atoms with Crippen molar-refractivity contribution < 1.29 is 18.9 Å². The van der Waals surface area contributed by atoms with Crippen molar-refractivity contribution in [3.8, 4) is 0 Å². The van der Waals surface area contributed by atoms with Gasteiger partial charge in [0.05, 0.1) is 5.25 Å². The molecule has 5 heteroatoms. The molecule has 1 aromatic carbocycles. The third kappa shape index (κ3) is 4.41. The molecule has 0 radical (unpaired) electrons. The molecule has 0 aliphatic carbocycles. The summed E-state index contributed by atoms with van der Waals surface area (Å²) >= 11 is 0. The zero-order chi connectivity index (χ0) is 13.5. The SMILES string of the molecule is CC(C(=O)c1ccccc1)S(=O)CCCC(=O)O. The summed E-state index contributed by atoms with van der Waals surface area (Å²) in [7, 11) is -1.32. The van der Waals surface area contributed by atoms with E-state index in [2.05, 4.69) is 0 Å². The van der Waals surface area contributed by atoms with Crippen LogP contribution in [-0.4, -0.2) is 32.1 Å². The number of carbonyl (C=O) groups is 2. The Bertz CT molecular complexity index is 442. The highest BCUT2D eigenvalue weighted by Gasteiger charge is 2.20. The summed E-state index contributed by atoms with van der Waals surface area (Å²) in [6, 6.07) is 8.70. The van der Waals surface area contributed by atoms with Crippen molar-refractivity contribution in [2.45, 2.75) is 25.0 Å². The molecule has 0 amide bonds. The summed E-state index contributed by atoms with van der Waals surface area (Å²) in [6.45, 7) is 1.62. The Kier molecular flexibility index (Phi) is 5.71. The van der Waals surface area contributed by atoms with E-state index in [1.807, 2.05) is 6.07 Å². The number of carboxylic acids is 1. The highest BCUT2D eigenvalue weighted by Crippen LogP contribution is 2.09. The molecule has 0 saturated heterocycles. The molecule has 1 rings (SSSR count). The molecule has 0 fully saturated rings. The van der Waals surface area contributed by atoms with Gasteiger partial charge in [0.1, 0.15) is 0 Å². The van der Waals surface area contributed by atoms with Gasteiger partial charge in [0.2, 0.25) is 0 Å². The third-order valence-corrected chi connectivity index (χ3v) is 4.25. The van der Waals surface area contributed by atoms with Crippen molar-refractivity contribution in [2.24, 2.45) is 0 Å². The largest absolute Gasteiger partial charge is 0.481 e. The van der Waals surface area contributed by atoms with Crippen LogP contribution in [0.3, 0.4) is 0 Å². The van der Waals surface area contributed by atoms with Gasteiger partial charge in [-0.1, -0.05) is 30.3 Å². The fourth-order valence-electron chi connectivity index (χ4n) is 1.50. The molecule has 0 spiro atoms. The lowest BCUT2D eigenvalue weighted by molar-refractivity contribution is -0.137. The van der Waals surface area contributed by atoms with Gasteiger partial charge in [0.15, 0.2) is 5.78 Å². The van der Waals surface area contributed by atoms with E-state index in [1.54, 1.807) is 31.2 Å². The monoisotopic (exact) mass is 268 g/mol. The second kappa shape index (κ2) is 7.06. The summed E-state index contributed by atoms with van der Waals surface area (Å²) in [5, 5.41) is 7.89. The molecule has 0 heterocycles. The van der Waals surface area contributed by atoms with E-state index in [1.165, 1.54) is 0 Å². The number of carbonyl (C=O) groups excluding carboxylic acids is 1. The van der Waals surface area contributed by atoms with Gasteiger partial charge in [-0.05, 0) is 13.3 Å². The molecule has 98 valence electrons. The topological polar surface area (TPSA) is 71.4 Å². The van der Waals surface area contributed by atoms with Crippen molar-refractivity contribution in [3.63, 3.8) is 0 Å². The summed E-state index contributed by atoms with van der Waals surface area (Å²) in [6.07, 6.45) is 0.312. The highest BCUT2D eigenvalue weighted by molar-refractivity contribution is 7.86. The van der Waals surface area contributed by atoms with E-state index in [9.17, 15) is 13.8 Å². The van der Waals surface area contributed by atoms with Crippen LogP contribution in [0.4, 0.5) is 0 Å². The van der Waals surface area contributed by atoms with Gasteiger partial charge in [0, 0.05) is 28.5 Å². The number of benzene rings is 1. The fourth-order valence-corrected chi connectivity index (χ4v) is 2.66. The number of hydrogen-bond acceptors (Lipinski definition) is 3. The first-order chi connectivity index (χ1) is 8.52. The lowest BCUT2D eigenvalue weighted by Gasteiger charge is -2.10. The molecule has 0 aromatic heterocycles. The summed E-state index contributed by atoms with van der Waals surface area (Å²) in [5.74, 6) is -0.829. The number of carboxylic acid groups (broad SMARTS) is 1. The first-order valence-electron chi connectivity index (χ1n) is 5.70. The Labute approximate surface area is 108 Å². The molecular formula is C13H16O4S. The Morgan fingerprint density at radius 1 is 1.28 bits per heavy atom. The van der Waals surface area contributed by atoms with Gasteiger partial charge in [-0.3, -0.25) is 13.8 Å². The zero-order valence-electron chi connectivity index (χ0n) is 10.2. The second-order valence-electron chi connectivity index (χ2n) is 3.95. The summed E-state index contributed by atoms with van der Waals surface area (Å²) in [4.78, 5) is 22.3. The minimum Gasteiger partial charge on any atom is -0.481 e. The minimum absolute atomic E-state index is 0.0159. The van der Waals surface area contributed by atoms with Crippen LogP contribution in [0.1, 0.15) is 30.1 Å². The number of hydrogen-bond donors (Lipinski definition) is 1. The van der Waals surface area contributed by atoms with Crippen LogP contribution in [0.2, 0.25) is 0 Å². The molecule has 1 aromatic rings. The molecule has 0 aliphatic rings. The lowest BCUT2D eigenvalue weighted by atomic mass is 10.1. The first-order valence-corrected chi connectivity index (χ1v) is 7.09. The Balaban J connectivity index is 2.53. The van der Waals surface area contributed by atoms with Crippen molar-refractivity contribution in [3.05, 3.63) is 35.9 Å². The van der Waals surface area contributed by atoms with Gasteiger partial charge in [0.25, 0.3) is 0 Å². The van der Waals surface area contributed by atoms with Crippen LogP contribution in [0.25, 0.3) is 0 Å². The predicted octanol–water partition coefficient (Wildman–Crippen LogP) is 1.87. The standard InChI is InChI=1S/C13H16O4S/c1-10(18(17)9-5-8-12(14)15)13(16)11-6-3-2-4-7-11/h2-4,6-7,10H,5,8-9H2,1H3,(H,14,15). The molecule has 0 aliphatic heterocycles. The van der Waals surface area contributed by atoms with Gasteiger partial charge >= 0.3 is 5.97 Å². The number of aliphatic carboxylic acids is 1. The second-order valence-corrected chi connectivity index (χ2v) is 5.83. The van der Waals surface area contributed by atoms with E-state index >= 15 is 0 Å². The average molecular weight is 268 g/mol. The van der Waals surface area contributed by atoms with Crippen molar-refractivity contribution >= 4 is 22.6 Å². The zero-order valence-corrected chi connectivity index (χ0v) is 11.0. The molecule has 2 atom stereocenters. The van der Waals surface area contributed by atoms with Crippen molar-refractivity contribution in [2.75, 3.05) is 5.75 Å². The molecule has 0 saturated carbocycles. The predicted molar refractivity (Wildman–Crippen MR) is 70.1 cm³/mol. The lowest BCUT2D eigenvalue weighted by Crippen LogP contribution is -2.24. The van der Waals surface area contributed by atoms with E-state index in [0.717, 1.165) is 0 Å². The average Bonchev–Trinajstić information content (AvgIpc) is 2.37. The molecule has 0 bridgehead atoms. The minimum atomic E-state index is -1.32. The smallest absolute Gasteiger partial charge is 0.303 e.